The predicted molar refractivity (Wildman–Crippen MR) is 54.3 cm³/mol. The lowest BCUT2D eigenvalue weighted by molar-refractivity contribution is 0.751. The third-order valence-corrected chi connectivity index (χ3v) is 2.27. The molecule has 0 fully saturated rings. The first-order chi connectivity index (χ1) is 6.72. The van der Waals surface area contributed by atoms with Crippen LogP contribution in [0.15, 0.2) is 23.3 Å². The van der Waals surface area contributed by atoms with Crippen LogP contribution in [-0.4, -0.2) is 9.78 Å². The maximum Gasteiger partial charge on any atom is 0.0926 e. The minimum absolute atomic E-state index is 0.621. The van der Waals surface area contributed by atoms with E-state index in [1.165, 1.54) is 0 Å². The van der Waals surface area contributed by atoms with E-state index in [4.69, 9.17) is 5.53 Å². The van der Waals surface area contributed by atoms with Crippen LogP contribution in [0.25, 0.3) is 21.3 Å². The number of azide groups is 1. The van der Waals surface area contributed by atoms with Crippen molar-refractivity contribution in [3.8, 4) is 0 Å². The Hall–Kier alpha value is -2.00. The molecule has 0 aliphatic heterocycles. The highest BCUT2D eigenvalue weighted by molar-refractivity contribution is 5.84. The van der Waals surface area contributed by atoms with Crippen molar-refractivity contribution >= 4 is 16.6 Å². The van der Waals surface area contributed by atoms with Gasteiger partial charge in [0.25, 0.3) is 0 Å². The molecular formula is C9H9N5. The van der Waals surface area contributed by atoms with Crippen LogP contribution in [0.5, 0.6) is 0 Å². The van der Waals surface area contributed by atoms with E-state index in [1.807, 2.05) is 30.8 Å². The minimum Gasteiger partial charge on any atom is -0.272 e. The Morgan fingerprint density at radius 1 is 1.50 bits per heavy atom. The molecular weight excluding hydrogens is 178 g/mol. The Labute approximate surface area is 80.6 Å². The quantitative estimate of drug-likeness (QED) is 0.384. The van der Waals surface area contributed by atoms with Gasteiger partial charge < -0.3 is 0 Å². The van der Waals surface area contributed by atoms with Gasteiger partial charge in [-0.1, -0.05) is 11.2 Å². The summed E-state index contributed by atoms with van der Waals surface area (Å²) in [5.41, 5.74) is 10.9. The molecule has 2 aromatic rings. The van der Waals surface area contributed by atoms with Crippen LogP contribution >= 0.6 is 0 Å². The first kappa shape index (κ1) is 8.59. The minimum atomic E-state index is 0.621. The zero-order chi connectivity index (χ0) is 10.1. The molecule has 2 rings (SSSR count). The highest BCUT2D eigenvalue weighted by Crippen LogP contribution is 2.23. The predicted octanol–water partition coefficient (Wildman–Crippen LogP) is 2.82. The maximum atomic E-state index is 8.30. The van der Waals surface area contributed by atoms with Gasteiger partial charge >= 0.3 is 0 Å². The van der Waals surface area contributed by atoms with E-state index in [0.717, 1.165) is 16.6 Å². The lowest BCUT2D eigenvalue weighted by Crippen LogP contribution is -1.91. The molecule has 0 saturated carbocycles. The standard InChI is InChI=1S/C9H9N5/c1-6-8-5-7(11-13-10)3-4-9(8)12-14(6)2/h3-5H,1-2H3. The van der Waals surface area contributed by atoms with Crippen LogP contribution < -0.4 is 0 Å². The summed E-state index contributed by atoms with van der Waals surface area (Å²) in [5.74, 6) is 0. The van der Waals surface area contributed by atoms with Crippen molar-refractivity contribution in [3.05, 3.63) is 34.3 Å². The number of nitrogens with zero attached hydrogens (tertiary/aromatic N) is 5. The Morgan fingerprint density at radius 2 is 2.29 bits per heavy atom. The number of fused-ring (bicyclic) bond motifs is 1. The molecule has 5 heteroatoms. The molecule has 0 atom stereocenters. The van der Waals surface area contributed by atoms with Gasteiger partial charge in [-0.15, -0.1) is 0 Å². The molecule has 0 radical (unpaired) electrons. The Morgan fingerprint density at radius 3 is 3.00 bits per heavy atom. The first-order valence-corrected chi connectivity index (χ1v) is 4.21. The van der Waals surface area contributed by atoms with Crippen LogP contribution in [0.4, 0.5) is 5.69 Å². The molecule has 0 saturated heterocycles. The van der Waals surface area contributed by atoms with Gasteiger partial charge in [-0.3, -0.25) is 4.68 Å². The average molecular weight is 187 g/mol. The van der Waals surface area contributed by atoms with Crippen molar-refractivity contribution in [2.75, 3.05) is 0 Å². The van der Waals surface area contributed by atoms with Crippen molar-refractivity contribution in [1.82, 2.24) is 9.78 Å². The van der Waals surface area contributed by atoms with Crippen LogP contribution in [0, 0.1) is 6.92 Å². The fourth-order valence-electron chi connectivity index (χ4n) is 1.43. The van der Waals surface area contributed by atoms with E-state index in [9.17, 15) is 0 Å². The number of aryl methyl sites for hydroxylation is 2. The summed E-state index contributed by atoms with van der Waals surface area (Å²) in [6, 6.07) is 5.46. The summed E-state index contributed by atoms with van der Waals surface area (Å²) in [6.07, 6.45) is 0. The van der Waals surface area contributed by atoms with Crippen molar-refractivity contribution in [1.29, 1.82) is 0 Å². The molecule has 14 heavy (non-hydrogen) atoms. The third kappa shape index (κ3) is 1.20. The van der Waals surface area contributed by atoms with E-state index in [-0.39, 0.29) is 0 Å². The molecule has 1 heterocycles. The van der Waals surface area contributed by atoms with Gasteiger partial charge in [-0.25, -0.2) is 0 Å². The van der Waals surface area contributed by atoms with Crippen molar-refractivity contribution in [2.24, 2.45) is 12.2 Å². The molecule has 70 valence electrons. The summed E-state index contributed by atoms with van der Waals surface area (Å²) in [5, 5.41) is 8.87. The third-order valence-electron chi connectivity index (χ3n) is 2.27. The molecule has 0 spiro atoms. The maximum absolute atomic E-state index is 8.30. The van der Waals surface area contributed by atoms with Crippen LogP contribution in [0.2, 0.25) is 0 Å². The topological polar surface area (TPSA) is 66.6 Å². The SMILES string of the molecule is Cc1c2cc(N=[N+]=[N-])ccc2nn1C. The van der Waals surface area contributed by atoms with Gasteiger partial charge in [0, 0.05) is 28.7 Å². The number of hydrogen-bond donors (Lipinski definition) is 0. The molecule has 0 unspecified atom stereocenters. The number of hydrogen-bond acceptors (Lipinski definition) is 2. The van der Waals surface area contributed by atoms with Gasteiger partial charge in [-0.2, -0.15) is 5.10 Å². The average Bonchev–Trinajstić information content (AvgIpc) is 2.45. The van der Waals surface area contributed by atoms with Crippen LogP contribution in [-0.2, 0) is 7.05 Å². The summed E-state index contributed by atoms with van der Waals surface area (Å²) < 4.78 is 1.81. The molecule has 5 nitrogen and oxygen atoms in total. The molecule has 0 amide bonds. The van der Waals surface area contributed by atoms with Crippen molar-refractivity contribution < 1.29 is 0 Å². The summed E-state index contributed by atoms with van der Waals surface area (Å²) in [6.45, 7) is 1.98. The van der Waals surface area contributed by atoms with Crippen molar-refractivity contribution in [3.63, 3.8) is 0 Å². The molecule has 1 aromatic heterocycles. The van der Waals surface area contributed by atoms with Gasteiger partial charge in [-0.05, 0) is 24.6 Å². The lowest BCUT2D eigenvalue weighted by atomic mass is 10.2. The first-order valence-electron chi connectivity index (χ1n) is 4.21. The highest BCUT2D eigenvalue weighted by atomic mass is 15.3. The summed E-state index contributed by atoms with van der Waals surface area (Å²) >= 11 is 0. The number of benzene rings is 1. The van der Waals surface area contributed by atoms with Gasteiger partial charge in [0.05, 0.1) is 5.52 Å². The van der Waals surface area contributed by atoms with Crippen LogP contribution in [0.3, 0.4) is 0 Å². The zero-order valence-corrected chi connectivity index (χ0v) is 7.97. The molecule has 0 aliphatic carbocycles. The Bertz CT molecular complexity index is 533. The van der Waals surface area contributed by atoms with Crippen LogP contribution in [0.1, 0.15) is 5.69 Å². The van der Waals surface area contributed by atoms with E-state index < -0.39 is 0 Å². The Balaban J connectivity index is 2.75. The normalized spacial score (nSPS) is 10.1. The summed E-state index contributed by atoms with van der Waals surface area (Å²) in [4.78, 5) is 2.75. The fraction of sp³-hybridized carbons (Fsp3) is 0.222. The zero-order valence-electron chi connectivity index (χ0n) is 7.97. The van der Waals surface area contributed by atoms with Gasteiger partial charge in [0.15, 0.2) is 0 Å². The second-order valence-corrected chi connectivity index (χ2v) is 3.10. The highest BCUT2D eigenvalue weighted by Gasteiger charge is 2.04. The smallest absolute Gasteiger partial charge is 0.0926 e. The lowest BCUT2D eigenvalue weighted by Gasteiger charge is -1.93. The van der Waals surface area contributed by atoms with E-state index in [2.05, 4.69) is 15.1 Å². The largest absolute Gasteiger partial charge is 0.272 e. The van der Waals surface area contributed by atoms with Gasteiger partial charge in [0.1, 0.15) is 0 Å². The second-order valence-electron chi connectivity index (χ2n) is 3.10. The monoisotopic (exact) mass is 187 g/mol. The molecule has 1 aromatic carbocycles. The van der Waals surface area contributed by atoms with E-state index in [1.54, 1.807) is 6.07 Å². The number of aromatic nitrogens is 2. The fourth-order valence-corrected chi connectivity index (χ4v) is 1.43. The molecule has 0 bridgehead atoms. The summed E-state index contributed by atoms with van der Waals surface area (Å²) in [7, 11) is 1.89. The number of rotatable bonds is 1. The van der Waals surface area contributed by atoms with Gasteiger partial charge in [0.2, 0.25) is 0 Å². The molecule has 0 aliphatic rings. The van der Waals surface area contributed by atoms with Crippen molar-refractivity contribution in [2.45, 2.75) is 6.92 Å². The molecule has 0 N–H and O–H groups in total. The van der Waals surface area contributed by atoms with E-state index in [0.29, 0.717) is 5.69 Å². The van der Waals surface area contributed by atoms with E-state index >= 15 is 0 Å². The second kappa shape index (κ2) is 3.05. The Kier molecular flexibility index (Phi) is 1.87.